The lowest BCUT2D eigenvalue weighted by atomic mass is 10.2. The number of methoxy groups -OCH3 is 1. The summed E-state index contributed by atoms with van der Waals surface area (Å²) in [5.41, 5.74) is 2.20. The minimum Gasteiger partial charge on any atom is -0.493 e. The Balaban J connectivity index is 1.25. The van der Waals surface area contributed by atoms with Gasteiger partial charge in [-0.05, 0) is 30.3 Å². The van der Waals surface area contributed by atoms with Gasteiger partial charge in [-0.1, -0.05) is 12.1 Å². The van der Waals surface area contributed by atoms with Gasteiger partial charge in [0.2, 0.25) is 0 Å². The van der Waals surface area contributed by atoms with Gasteiger partial charge in [0.1, 0.15) is 12.7 Å². The first-order valence-corrected chi connectivity index (χ1v) is 9.42. The van der Waals surface area contributed by atoms with Crippen molar-refractivity contribution in [3.05, 3.63) is 55.2 Å². The summed E-state index contributed by atoms with van der Waals surface area (Å²) in [5, 5.41) is 18.5. The minimum absolute atomic E-state index is 0.234. The Labute approximate surface area is 164 Å². The van der Waals surface area contributed by atoms with Crippen molar-refractivity contribution >= 4 is 16.6 Å². The number of aliphatic hydroxyl groups is 1. The zero-order valence-electron chi connectivity index (χ0n) is 15.9. The Bertz CT molecular complexity index is 905. The van der Waals surface area contributed by atoms with Gasteiger partial charge in [0.15, 0.2) is 11.5 Å². The molecule has 2 aromatic carbocycles. The van der Waals surface area contributed by atoms with E-state index < -0.39 is 6.10 Å². The third kappa shape index (κ3) is 4.21. The van der Waals surface area contributed by atoms with E-state index in [0.29, 0.717) is 18.0 Å². The van der Waals surface area contributed by atoms with E-state index in [1.165, 1.54) is 0 Å². The van der Waals surface area contributed by atoms with Gasteiger partial charge in [-0.2, -0.15) is 5.10 Å². The maximum atomic E-state index is 10.4. The quantitative estimate of drug-likeness (QED) is 0.654. The molecule has 1 atom stereocenters. The molecule has 7 nitrogen and oxygen atoms in total. The molecule has 4 rings (SSSR count). The zero-order chi connectivity index (χ0) is 19.3. The lowest BCUT2D eigenvalue weighted by molar-refractivity contribution is 0.0679. The number of hydrogen-bond donors (Lipinski definition) is 2. The summed E-state index contributed by atoms with van der Waals surface area (Å²) in [7, 11) is 1.61. The van der Waals surface area contributed by atoms with Crippen molar-refractivity contribution in [1.29, 1.82) is 0 Å². The number of H-pyrrole nitrogens is 1. The fraction of sp³-hybridized carbons (Fsp3) is 0.333. The normalized spacial score (nSPS) is 16.3. The van der Waals surface area contributed by atoms with Gasteiger partial charge in [-0.3, -0.25) is 10.00 Å². The summed E-state index contributed by atoms with van der Waals surface area (Å²) < 4.78 is 11.0. The highest BCUT2D eigenvalue weighted by atomic mass is 16.5. The summed E-state index contributed by atoms with van der Waals surface area (Å²) in [6, 6.07) is 13.8. The Hall–Kier alpha value is -2.77. The summed E-state index contributed by atoms with van der Waals surface area (Å²) in [6.07, 6.45) is 1.28. The number of ether oxygens (including phenoxy) is 2. The number of aromatic amines is 1. The van der Waals surface area contributed by atoms with Crippen LogP contribution in [0.4, 0.5) is 5.69 Å². The van der Waals surface area contributed by atoms with Gasteiger partial charge in [0.05, 0.1) is 25.4 Å². The van der Waals surface area contributed by atoms with Crippen molar-refractivity contribution < 1.29 is 14.6 Å². The molecule has 0 spiro atoms. The molecular formula is C21H25N4O3. The number of benzene rings is 2. The molecule has 0 saturated carbocycles. The second-order valence-electron chi connectivity index (χ2n) is 6.89. The summed E-state index contributed by atoms with van der Waals surface area (Å²) in [5.74, 6) is 1.32. The number of aromatic nitrogens is 2. The molecule has 1 saturated heterocycles. The van der Waals surface area contributed by atoms with Crippen LogP contribution in [-0.2, 0) is 0 Å². The number of fused-ring (bicyclic) bond motifs is 1. The Morgan fingerprint density at radius 1 is 1.18 bits per heavy atom. The molecule has 2 N–H and O–H groups in total. The number of nitrogens with one attached hydrogen (secondary N) is 1. The second-order valence-corrected chi connectivity index (χ2v) is 6.89. The van der Waals surface area contributed by atoms with Crippen LogP contribution in [0.25, 0.3) is 10.9 Å². The predicted octanol–water partition coefficient (Wildman–Crippen LogP) is 2.30. The Morgan fingerprint density at radius 2 is 2.04 bits per heavy atom. The third-order valence-corrected chi connectivity index (χ3v) is 4.94. The van der Waals surface area contributed by atoms with E-state index >= 15 is 0 Å². The lowest BCUT2D eigenvalue weighted by Gasteiger charge is -2.36. The first kappa shape index (κ1) is 18.6. The van der Waals surface area contributed by atoms with Crippen LogP contribution in [0.3, 0.4) is 0 Å². The first-order valence-electron chi connectivity index (χ1n) is 9.42. The van der Waals surface area contributed by atoms with Crippen LogP contribution in [0.15, 0.2) is 48.7 Å². The average molecular weight is 381 g/mol. The molecule has 28 heavy (non-hydrogen) atoms. The topological polar surface area (TPSA) is 73.8 Å². The van der Waals surface area contributed by atoms with E-state index in [1.807, 2.05) is 30.5 Å². The molecule has 0 aliphatic carbocycles. The van der Waals surface area contributed by atoms with Gasteiger partial charge in [0, 0.05) is 37.3 Å². The van der Waals surface area contributed by atoms with Crippen LogP contribution in [0, 0.1) is 6.54 Å². The van der Waals surface area contributed by atoms with Crippen LogP contribution < -0.4 is 14.4 Å². The van der Waals surface area contributed by atoms with Crippen molar-refractivity contribution in [2.75, 3.05) is 44.8 Å². The van der Waals surface area contributed by atoms with E-state index in [4.69, 9.17) is 9.47 Å². The van der Waals surface area contributed by atoms with Gasteiger partial charge in [-0.15, -0.1) is 0 Å². The van der Waals surface area contributed by atoms with Gasteiger partial charge >= 0.3 is 0 Å². The van der Waals surface area contributed by atoms with Crippen molar-refractivity contribution in [2.45, 2.75) is 6.10 Å². The maximum absolute atomic E-state index is 10.4. The smallest absolute Gasteiger partial charge is 0.161 e. The molecule has 7 heteroatoms. The number of piperazine rings is 1. The molecule has 0 bridgehead atoms. The molecule has 1 fully saturated rings. The lowest BCUT2D eigenvalue weighted by Crippen LogP contribution is -2.46. The van der Waals surface area contributed by atoms with Crippen LogP contribution >= 0.6 is 0 Å². The number of para-hydroxylation sites is 2. The van der Waals surface area contributed by atoms with Gasteiger partial charge in [0.25, 0.3) is 0 Å². The highest BCUT2D eigenvalue weighted by Gasteiger charge is 2.20. The molecule has 3 aromatic rings. The van der Waals surface area contributed by atoms with Crippen molar-refractivity contribution in [3.63, 3.8) is 0 Å². The molecule has 0 amide bonds. The number of anilines is 1. The minimum atomic E-state index is -0.563. The monoisotopic (exact) mass is 381 g/mol. The van der Waals surface area contributed by atoms with E-state index in [-0.39, 0.29) is 6.61 Å². The second kappa shape index (κ2) is 8.50. The molecule has 1 unspecified atom stereocenters. The van der Waals surface area contributed by atoms with E-state index in [9.17, 15) is 5.11 Å². The summed E-state index contributed by atoms with van der Waals surface area (Å²) in [4.78, 5) is 4.48. The van der Waals surface area contributed by atoms with E-state index in [0.717, 1.165) is 36.2 Å². The van der Waals surface area contributed by atoms with Crippen LogP contribution in [0.2, 0.25) is 0 Å². The zero-order valence-corrected chi connectivity index (χ0v) is 15.9. The Kier molecular flexibility index (Phi) is 5.64. The molecular weight excluding hydrogens is 356 g/mol. The predicted molar refractivity (Wildman–Crippen MR) is 109 cm³/mol. The van der Waals surface area contributed by atoms with Gasteiger partial charge in [-0.25, -0.2) is 0 Å². The number of nitrogens with zero attached hydrogens (tertiary/aromatic N) is 3. The molecule has 1 aliphatic rings. The molecule has 2 heterocycles. The first-order chi connectivity index (χ1) is 13.7. The average Bonchev–Trinajstić information content (AvgIpc) is 3.21. The van der Waals surface area contributed by atoms with E-state index in [1.54, 1.807) is 7.11 Å². The van der Waals surface area contributed by atoms with Crippen molar-refractivity contribution in [2.24, 2.45) is 0 Å². The van der Waals surface area contributed by atoms with E-state index in [2.05, 4.69) is 44.7 Å². The summed E-state index contributed by atoms with van der Waals surface area (Å²) >= 11 is 0. The van der Waals surface area contributed by atoms with Crippen LogP contribution in [-0.4, -0.2) is 66.2 Å². The fourth-order valence-corrected chi connectivity index (χ4v) is 3.43. The van der Waals surface area contributed by atoms with Crippen LogP contribution in [0.1, 0.15) is 0 Å². The largest absolute Gasteiger partial charge is 0.493 e. The Morgan fingerprint density at radius 3 is 2.82 bits per heavy atom. The molecule has 1 aliphatic heterocycles. The highest BCUT2D eigenvalue weighted by molar-refractivity contribution is 5.82. The van der Waals surface area contributed by atoms with Crippen molar-refractivity contribution in [3.8, 4) is 11.5 Å². The number of rotatable bonds is 7. The summed E-state index contributed by atoms with van der Waals surface area (Å²) in [6.45, 7) is 5.51. The fourth-order valence-electron chi connectivity index (χ4n) is 3.43. The standard InChI is InChI=1S/C21H25N4O3/c1-27-20-4-2-3-5-21(20)28-15-18(26)14-24-8-10-25(11-9-24)17-6-7-19-16(12-17)13-22-23-19/h2-7,10,12-13,18,26H,8-9,11,14-15H2,1H3,(H,22,23). The number of β-amino-alcohol motifs (C(OH)–C–C–N with tert-alkyl or cyclic N) is 1. The maximum Gasteiger partial charge on any atom is 0.161 e. The molecule has 1 radical (unpaired) electrons. The molecule has 147 valence electrons. The number of hydrogen-bond acceptors (Lipinski definition) is 6. The SMILES string of the molecule is COc1ccccc1OCC(O)CN1C[CH]N(c2ccc3[nH]ncc3c2)CC1. The van der Waals surface area contributed by atoms with Gasteiger partial charge < -0.3 is 19.5 Å². The van der Waals surface area contributed by atoms with Crippen LogP contribution in [0.5, 0.6) is 11.5 Å². The third-order valence-electron chi connectivity index (χ3n) is 4.94. The van der Waals surface area contributed by atoms with Crippen molar-refractivity contribution in [1.82, 2.24) is 15.1 Å². The number of aliphatic hydroxyl groups excluding tert-OH is 1. The molecule has 1 aromatic heterocycles. The highest BCUT2D eigenvalue weighted by Crippen LogP contribution is 2.26.